The van der Waals surface area contributed by atoms with Crippen molar-refractivity contribution < 1.29 is 10.0 Å². The summed E-state index contributed by atoms with van der Waals surface area (Å²) in [5, 5.41) is 19.0. The van der Waals surface area contributed by atoms with Gasteiger partial charge in [0.1, 0.15) is 0 Å². The number of nitro groups is 1. The van der Waals surface area contributed by atoms with Crippen molar-refractivity contribution in [3.05, 3.63) is 28.8 Å². The second-order valence-electron chi connectivity index (χ2n) is 2.01. The van der Waals surface area contributed by atoms with E-state index in [1.165, 1.54) is 23.3 Å². The Labute approximate surface area is 62.2 Å². The van der Waals surface area contributed by atoms with Crippen LogP contribution in [0, 0.1) is 10.1 Å². The van der Waals surface area contributed by atoms with Gasteiger partial charge >= 0.3 is 0 Å². The molecule has 0 aliphatic heterocycles. The zero-order valence-corrected chi connectivity index (χ0v) is 5.62. The maximum atomic E-state index is 9.92. The van der Waals surface area contributed by atoms with Crippen molar-refractivity contribution in [2.45, 2.75) is 6.23 Å². The lowest BCUT2D eigenvalue weighted by atomic mass is 10.5. The van der Waals surface area contributed by atoms with Crippen LogP contribution >= 0.6 is 0 Å². The van der Waals surface area contributed by atoms with E-state index >= 15 is 0 Å². The van der Waals surface area contributed by atoms with Crippen molar-refractivity contribution >= 4 is 0 Å². The van der Waals surface area contributed by atoms with Crippen molar-refractivity contribution in [3.8, 4) is 0 Å². The van der Waals surface area contributed by atoms with Gasteiger partial charge < -0.3 is 9.67 Å². The molecule has 1 rings (SSSR count). The molecule has 0 amide bonds. The average molecular weight is 157 g/mol. The molecule has 11 heavy (non-hydrogen) atoms. The van der Waals surface area contributed by atoms with E-state index in [0.717, 1.165) is 0 Å². The number of nitrogens with zero attached hydrogens (tertiary/aromatic N) is 3. The Bertz CT molecular complexity index is 233. The molecule has 0 fully saturated rings. The molecular formula is C5H7N3O3. The molecule has 0 aromatic carbocycles. The minimum atomic E-state index is -1.12. The Morgan fingerprint density at radius 2 is 2.55 bits per heavy atom. The number of aliphatic hydroxyl groups is 1. The van der Waals surface area contributed by atoms with Gasteiger partial charge in [0.2, 0.25) is 6.54 Å². The third kappa shape index (κ3) is 2.01. The van der Waals surface area contributed by atoms with E-state index in [4.69, 9.17) is 5.11 Å². The van der Waals surface area contributed by atoms with Crippen LogP contribution in [0.4, 0.5) is 0 Å². The summed E-state index contributed by atoms with van der Waals surface area (Å²) in [6.07, 6.45) is 3.12. The Kier molecular flexibility index (Phi) is 2.17. The van der Waals surface area contributed by atoms with Crippen molar-refractivity contribution in [3.63, 3.8) is 0 Å². The Morgan fingerprint density at radius 1 is 1.82 bits per heavy atom. The molecular weight excluding hydrogens is 150 g/mol. The van der Waals surface area contributed by atoms with E-state index in [-0.39, 0.29) is 0 Å². The Hall–Kier alpha value is -1.43. The number of aromatic nitrogens is 2. The number of imidazole rings is 1. The summed E-state index contributed by atoms with van der Waals surface area (Å²) in [5.41, 5.74) is 0. The van der Waals surface area contributed by atoms with E-state index in [1.54, 1.807) is 0 Å². The first-order valence-corrected chi connectivity index (χ1v) is 2.97. The molecule has 1 unspecified atom stereocenters. The highest BCUT2D eigenvalue weighted by molar-refractivity contribution is 4.75. The monoisotopic (exact) mass is 157 g/mol. The van der Waals surface area contributed by atoms with Gasteiger partial charge in [0, 0.05) is 17.3 Å². The fraction of sp³-hybridized carbons (Fsp3) is 0.400. The smallest absolute Gasteiger partial charge is 0.248 e. The van der Waals surface area contributed by atoms with Crippen LogP contribution in [0.1, 0.15) is 6.23 Å². The molecule has 0 aliphatic rings. The Morgan fingerprint density at radius 3 is 3.00 bits per heavy atom. The summed E-state index contributed by atoms with van der Waals surface area (Å²) in [4.78, 5) is 13.0. The fourth-order valence-electron chi connectivity index (χ4n) is 0.673. The van der Waals surface area contributed by atoms with Crippen LogP contribution in [-0.4, -0.2) is 26.1 Å². The minimum absolute atomic E-state index is 0.504. The van der Waals surface area contributed by atoms with Crippen molar-refractivity contribution in [1.82, 2.24) is 9.55 Å². The topological polar surface area (TPSA) is 81.2 Å². The van der Waals surface area contributed by atoms with Gasteiger partial charge in [0.25, 0.3) is 0 Å². The standard InChI is InChI=1S/C5H7N3O3/c9-5(3-8(10)11)7-2-1-6-4-7/h1-2,4-5,9H,3H2. The molecule has 60 valence electrons. The van der Waals surface area contributed by atoms with Gasteiger partial charge in [0.05, 0.1) is 6.33 Å². The van der Waals surface area contributed by atoms with Crippen LogP contribution in [0.15, 0.2) is 18.7 Å². The lowest BCUT2D eigenvalue weighted by Crippen LogP contribution is -2.16. The summed E-state index contributed by atoms with van der Waals surface area (Å²) in [7, 11) is 0. The molecule has 0 saturated carbocycles. The van der Waals surface area contributed by atoms with E-state index in [1.807, 2.05) is 0 Å². The van der Waals surface area contributed by atoms with E-state index in [2.05, 4.69) is 4.98 Å². The summed E-state index contributed by atoms with van der Waals surface area (Å²) in [6.45, 7) is -0.504. The van der Waals surface area contributed by atoms with Gasteiger partial charge in [-0.25, -0.2) is 4.98 Å². The number of hydrogen-bond acceptors (Lipinski definition) is 4. The van der Waals surface area contributed by atoms with Gasteiger partial charge in [0.15, 0.2) is 6.23 Å². The highest BCUT2D eigenvalue weighted by atomic mass is 16.6. The summed E-state index contributed by atoms with van der Waals surface area (Å²) < 4.78 is 1.27. The molecule has 0 radical (unpaired) electrons. The molecule has 1 aromatic heterocycles. The predicted octanol–water partition coefficient (Wildman–Crippen LogP) is -0.349. The molecule has 0 spiro atoms. The maximum absolute atomic E-state index is 9.92. The van der Waals surface area contributed by atoms with Crippen LogP contribution in [0.25, 0.3) is 0 Å². The maximum Gasteiger partial charge on any atom is 0.248 e. The van der Waals surface area contributed by atoms with Gasteiger partial charge in [-0.1, -0.05) is 0 Å². The lowest BCUT2D eigenvalue weighted by molar-refractivity contribution is -0.495. The predicted molar refractivity (Wildman–Crippen MR) is 35.3 cm³/mol. The lowest BCUT2D eigenvalue weighted by Gasteiger charge is -2.05. The average Bonchev–Trinajstić information content (AvgIpc) is 2.35. The summed E-state index contributed by atoms with van der Waals surface area (Å²) in [5.74, 6) is 0. The summed E-state index contributed by atoms with van der Waals surface area (Å²) in [6, 6.07) is 0. The van der Waals surface area contributed by atoms with Crippen LogP contribution < -0.4 is 0 Å². The SMILES string of the molecule is O=[N+]([O-])CC(O)n1ccnc1. The van der Waals surface area contributed by atoms with Crippen LogP contribution in [0.3, 0.4) is 0 Å². The van der Waals surface area contributed by atoms with Gasteiger partial charge in [-0.2, -0.15) is 0 Å². The molecule has 6 heteroatoms. The molecule has 1 heterocycles. The minimum Gasteiger partial charge on any atom is -0.367 e. The quantitative estimate of drug-likeness (QED) is 0.480. The molecule has 1 aromatic rings. The van der Waals surface area contributed by atoms with Crippen molar-refractivity contribution in [2.24, 2.45) is 0 Å². The fourth-order valence-corrected chi connectivity index (χ4v) is 0.673. The third-order valence-electron chi connectivity index (χ3n) is 1.18. The second-order valence-corrected chi connectivity index (χ2v) is 2.01. The van der Waals surface area contributed by atoms with Crippen LogP contribution in [0.2, 0.25) is 0 Å². The van der Waals surface area contributed by atoms with Gasteiger partial charge in [-0.3, -0.25) is 10.1 Å². The molecule has 0 bridgehead atoms. The molecule has 0 saturated heterocycles. The molecule has 1 N–H and O–H groups in total. The first-order chi connectivity index (χ1) is 5.20. The molecule has 0 aliphatic carbocycles. The highest BCUT2D eigenvalue weighted by Crippen LogP contribution is 1.99. The number of rotatable bonds is 3. The molecule has 1 atom stereocenters. The Balaban J connectivity index is 2.56. The van der Waals surface area contributed by atoms with Gasteiger partial charge in [-0.15, -0.1) is 0 Å². The second kappa shape index (κ2) is 3.11. The summed E-state index contributed by atoms with van der Waals surface area (Å²) >= 11 is 0. The van der Waals surface area contributed by atoms with E-state index in [9.17, 15) is 10.1 Å². The number of aliphatic hydroxyl groups excluding tert-OH is 1. The van der Waals surface area contributed by atoms with Crippen LogP contribution in [0.5, 0.6) is 0 Å². The van der Waals surface area contributed by atoms with Gasteiger partial charge in [-0.05, 0) is 0 Å². The largest absolute Gasteiger partial charge is 0.367 e. The van der Waals surface area contributed by atoms with E-state index in [0.29, 0.717) is 0 Å². The van der Waals surface area contributed by atoms with Crippen molar-refractivity contribution in [1.29, 1.82) is 0 Å². The van der Waals surface area contributed by atoms with E-state index < -0.39 is 17.7 Å². The zero-order chi connectivity index (χ0) is 8.27. The highest BCUT2D eigenvalue weighted by Gasteiger charge is 2.11. The first kappa shape index (κ1) is 7.67. The van der Waals surface area contributed by atoms with Crippen LogP contribution in [-0.2, 0) is 0 Å². The number of hydrogen-bond donors (Lipinski definition) is 1. The molecule has 6 nitrogen and oxygen atoms in total. The zero-order valence-electron chi connectivity index (χ0n) is 5.62. The first-order valence-electron chi connectivity index (χ1n) is 2.97. The normalized spacial score (nSPS) is 12.8. The third-order valence-corrected chi connectivity index (χ3v) is 1.18. The van der Waals surface area contributed by atoms with Crippen molar-refractivity contribution in [2.75, 3.05) is 6.54 Å².